The monoisotopic (exact) mass is 376 g/mol. The summed E-state index contributed by atoms with van der Waals surface area (Å²) in [6.45, 7) is 4.87. The summed E-state index contributed by atoms with van der Waals surface area (Å²) >= 11 is 0. The van der Waals surface area contributed by atoms with Gasteiger partial charge in [-0.1, -0.05) is 12.1 Å². The van der Waals surface area contributed by atoms with Crippen molar-refractivity contribution in [2.24, 2.45) is 0 Å². The highest BCUT2D eigenvalue weighted by molar-refractivity contribution is 5.95. The van der Waals surface area contributed by atoms with Crippen LogP contribution in [0.25, 0.3) is 10.9 Å². The van der Waals surface area contributed by atoms with Crippen LogP contribution in [0.4, 0.5) is 11.4 Å². The molecule has 6 nitrogen and oxygen atoms in total. The number of hydrogen-bond donors (Lipinski definition) is 2. The molecule has 0 aliphatic carbocycles. The first-order chi connectivity index (χ1) is 13.8. The molecule has 1 aromatic heterocycles. The minimum atomic E-state index is -0.0559. The number of anilines is 2. The number of pyridine rings is 1. The molecule has 2 N–H and O–H groups in total. The van der Waals surface area contributed by atoms with Crippen molar-refractivity contribution in [3.63, 3.8) is 0 Å². The summed E-state index contributed by atoms with van der Waals surface area (Å²) < 4.78 is 5.34. The fourth-order valence-corrected chi connectivity index (χ4v) is 3.31. The summed E-state index contributed by atoms with van der Waals surface area (Å²) in [5.74, 6) is -0.0559. The zero-order valence-corrected chi connectivity index (χ0v) is 15.7. The number of morpholine rings is 1. The van der Waals surface area contributed by atoms with Gasteiger partial charge in [0.15, 0.2) is 0 Å². The minimum absolute atomic E-state index is 0.0559. The van der Waals surface area contributed by atoms with E-state index in [9.17, 15) is 4.79 Å². The molecule has 6 heteroatoms. The number of benzene rings is 2. The van der Waals surface area contributed by atoms with Gasteiger partial charge in [-0.2, -0.15) is 0 Å². The van der Waals surface area contributed by atoms with Gasteiger partial charge < -0.3 is 15.4 Å². The van der Waals surface area contributed by atoms with Gasteiger partial charge in [0.1, 0.15) is 0 Å². The lowest BCUT2D eigenvalue weighted by Crippen LogP contribution is -2.41. The predicted molar refractivity (Wildman–Crippen MR) is 111 cm³/mol. The van der Waals surface area contributed by atoms with Gasteiger partial charge in [0, 0.05) is 54.7 Å². The molecule has 4 rings (SSSR count). The van der Waals surface area contributed by atoms with Crippen molar-refractivity contribution in [3.05, 3.63) is 66.4 Å². The summed E-state index contributed by atoms with van der Waals surface area (Å²) in [6.07, 6.45) is 1.79. The average Bonchev–Trinajstić information content (AvgIpc) is 2.74. The smallest absolute Gasteiger partial charge is 0.251 e. The molecule has 28 heavy (non-hydrogen) atoms. The van der Waals surface area contributed by atoms with Crippen molar-refractivity contribution in [2.45, 2.75) is 0 Å². The summed E-state index contributed by atoms with van der Waals surface area (Å²) in [4.78, 5) is 19.1. The third-order valence-corrected chi connectivity index (χ3v) is 4.83. The molecule has 0 atom stereocenters. The molecule has 2 aromatic carbocycles. The van der Waals surface area contributed by atoms with Crippen molar-refractivity contribution < 1.29 is 9.53 Å². The Hall–Kier alpha value is -2.96. The summed E-state index contributed by atoms with van der Waals surface area (Å²) in [6, 6.07) is 17.5. The highest BCUT2D eigenvalue weighted by atomic mass is 16.5. The van der Waals surface area contributed by atoms with Crippen LogP contribution in [0, 0.1) is 0 Å². The topological polar surface area (TPSA) is 66.5 Å². The van der Waals surface area contributed by atoms with E-state index < -0.39 is 0 Å². The maximum atomic E-state index is 12.5. The van der Waals surface area contributed by atoms with Gasteiger partial charge in [0.05, 0.1) is 18.7 Å². The molecule has 0 unspecified atom stereocenters. The van der Waals surface area contributed by atoms with E-state index in [0.29, 0.717) is 12.1 Å². The summed E-state index contributed by atoms with van der Waals surface area (Å²) in [7, 11) is 0. The van der Waals surface area contributed by atoms with Gasteiger partial charge in [-0.3, -0.25) is 14.7 Å². The van der Waals surface area contributed by atoms with Crippen LogP contribution in [-0.4, -0.2) is 55.2 Å². The van der Waals surface area contributed by atoms with E-state index in [2.05, 4.69) is 26.6 Å². The van der Waals surface area contributed by atoms with Crippen LogP contribution in [0.3, 0.4) is 0 Å². The van der Waals surface area contributed by atoms with Crippen LogP contribution in [0.15, 0.2) is 60.8 Å². The number of rotatable bonds is 6. The number of fused-ring (bicyclic) bond motifs is 1. The van der Waals surface area contributed by atoms with Crippen LogP contribution >= 0.6 is 0 Å². The second-order valence-corrected chi connectivity index (χ2v) is 6.83. The maximum absolute atomic E-state index is 12.5. The molecule has 144 valence electrons. The van der Waals surface area contributed by atoms with Gasteiger partial charge in [-0.05, 0) is 42.5 Å². The Bertz CT molecular complexity index is 954. The quantitative estimate of drug-likeness (QED) is 0.692. The third-order valence-electron chi connectivity index (χ3n) is 4.83. The Morgan fingerprint density at radius 3 is 2.79 bits per heavy atom. The van der Waals surface area contributed by atoms with Crippen LogP contribution in [0.1, 0.15) is 10.4 Å². The molecule has 0 spiro atoms. The zero-order chi connectivity index (χ0) is 19.2. The van der Waals surface area contributed by atoms with Crippen LogP contribution < -0.4 is 10.6 Å². The number of aromatic nitrogens is 1. The number of ether oxygens (including phenoxy) is 1. The first-order valence-electron chi connectivity index (χ1n) is 9.58. The van der Waals surface area contributed by atoms with Crippen LogP contribution in [0.5, 0.6) is 0 Å². The van der Waals surface area contributed by atoms with Crippen molar-refractivity contribution >= 4 is 28.2 Å². The molecule has 0 saturated carbocycles. The lowest BCUT2D eigenvalue weighted by atomic mass is 10.1. The predicted octanol–water partition coefficient (Wildman–Crippen LogP) is 3.04. The van der Waals surface area contributed by atoms with E-state index in [0.717, 1.165) is 55.1 Å². The number of hydrogen-bond acceptors (Lipinski definition) is 5. The molecular formula is C22H24N4O2. The Labute approximate surface area is 164 Å². The van der Waals surface area contributed by atoms with Crippen LogP contribution in [-0.2, 0) is 4.74 Å². The largest absolute Gasteiger partial charge is 0.379 e. The average molecular weight is 376 g/mol. The standard InChI is InChI=1S/C22H24N4O2/c27-22(24-9-10-26-11-13-28-14-12-26)18-3-1-5-19(16-18)25-20-6-7-21-17(15-20)4-2-8-23-21/h1-8,15-16,25H,9-14H2,(H,24,27). The van der Waals surface area contributed by atoms with Crippen LogP contribution in [0.2, 0.25) is 0 Å². The molecule has 1 aliphatic heterocycles. The fourth-order valence-electron chi connectivity index (χ4n) is 3.31. The Morgan fingerprint density at radius 1 is 1.04 bits per heavy atom. The number of carbonyl (C=O) groups is 1. The summed E-state index contributed by atoms with van der Waals surface area (Å²) in [5.41, 5.74) is 3.45. The Balaban J connectivity index is 1.36. The number of carbonyl (C=O) groups excluding carboxylic acids is 1. The van der Waals surface area contributed by atoms with Gasteiger partial charge in [0.2, 0.25) is 0 Å². The van der Waals surface area contributed by atoms with E-state index >= 15 is 0 Å². The third kappa shape index (κ3) is 4.65. The first kappa shape index (κ1) is 18.4. The Morgan fingerprint density at radius 2 is 1.89 bits per heavy atom. The second kappa shape index (κ2) is 8.82. The van der Waals surface area contributed by atoms with E-state index in [1.165, 1.54) is 0 Å². The normalized spacial score (nSPS) is 14.7. The van der Waals surface area contributed by atoms with Crippen molar-refractivity contribution in [2.75, 3.05) is 44.7 Å². The lowest BCUT2D eigenvalue weighted by molar-refractivity contribution is 0.0383. The molecule has 2 heterocycles. The Kier molecular flexibility index (Phi) is 5.80. The van der Waals surface area contributed by atoms with Gasteiger partial charge in [-0.15, -0.1) is 0 Å². The van der Waals surface area contributed by atoms with Gasteiger partial charge in [0.25, 0.3) is 5.91 Å². The molecule has 1 aliphatic rings. The van der Waals surface area contributed by atoms with Crippen molar-refractivity contribution in [3.8, 4) is 0 Å². The van der Waals surface area contributed by atoms with E-state index in [4.69, 9.17) is 4.74 Å². The fraction of sp³-hybridized carbons (Fsp3) is 0.273. The van der Waals surface area contributed by atoms with E-state index in [-0.39, 0.29) is 5.91 Å². The highest BCUT2D eigenvalue weighted by Gasteiger charge is 2.11. The number of nitrogens with zero attached hydrogens (tertiary/aromatic N) is 2. The van der Waals surface area contributed by atoms with Gasteiger partial charge in [-0.25, -0.2) is 0 Å². The highest BCUT2D eigenvalue weighted by Crippen LogP contribution is 2.21. The number of amides is 1. The van der Waals surface area contributed by atoms with E-state index in [1.54, 1.807) is 6.20 Å². The molecule has 1 amide bonds. The SMILES string of the molecule is O=C(NCCN1CCOCC1)c1cccc(Nc2ccc3ncccc3c2)c1. The summed E-state index contributed by atoms with van der Waals surface area (Å²) in [5, 5.41) is 7.45. The van der Waals surface area contributed by atoms with Gasteiger partial charge >= 0.3 is 0 Å². The first-order valence-corrected chi connectivity index (χ1v) is 9.58. The van der Waals surface area contributed by atoms with Crippen molar-refractivity contribution in [1.82, 2.24) is 15.2 Å². The van der Waals surface area contributed by atoms with Crippen molar-refractivity contribution in [1.29, 1.82) is 0 Å². The molecule has 0 radical (unpaired) electrons. The number of nitrogens with one attached hydrogen (secondary N) is 2. The lowest BCUT2D eigenvalue weighted by Gasteiger charge is -2.26. The molecule has 3 aromatic rings. The molecule has 1 saturated heterocycles. The van der Waals surface area contributed by atoms with E-state index in [1.807, 2.05) is 48.5 Å². The maximum Gasteiger partial charge on any atom is 0.251 e. The molecule has 1 fully saturated rings. The molecule has 0 bridgehead atoms. The zero-order valence-electron chi connectivity index (χ0n) is 15.7. The minimum Gasteiger partial charge on any atom is -0.379 e. The molecular weight excluding hydrogens is 352 g/mol. The second-order valence-electron chi connectivity index (χ2n) is 6.83.